The van der Waals surface area contributed by atoms with E-state index in [1.807, 2.05) is 31.2 Å². The summed E-state index contributed by atoms with van der Waals surface area (Å²) in [6.45, 7) is 11.7. The third-order valence-corrected chi connectivity index (χ3v) is 6.19. The van der Waals surface area contributed by atoms with Gasteiger partial charge in [-0.3, -0.25) is 4.79 Å². The largest absolute Gasteiger partial charge is 0.352 e. The summed E-state index contributed by atoms with van der Waals surface area (Å²) in [6.07, 6.45) is 4.57. The van der Waals surface area contributed by atoms with E-state index in [1.165, 1.54) is 41.5 Å². The standard InChI is InChI=1S/C26H31NO/c1-6-27-26(28)22-15-13-21(14-16-22)10-8-11-23-18(3)19(4)25-17(2)9-7-12-24(25)20(23)5/h13-17H,6-7,9,11-12H2,1-5H3,(H,27,28). The number of hydrogen-bond donors (Lipinski definition) is 1. The van der Waals surface area contributed by atoms with Gasteiger partial charge in [-0.05, 0) is 111 Å². The lowest BCUT2D eigenvalue weighted by atomic mass is 9.76. The summed E-state index contributed by atoms with van der Waals surface area (Å²) >= 11 is 0. The second-order valence-electron chi connectivity index (χ2n) is 7.95. The highest BCUT2D eigenvalue weighted by molar-refractivity contribution is 5.94. The summed E-state index contributed by atoms with van der Waals surface area (Å²) in [5.74, 6) is 7.28. The van der Waals surface area contributed by atoms with Gasteiger partial charge in [0, 0.05) is 24.1 Å². The minimum Gasteiger partial charge on any atom is -0.352 e. The molecule has 0 spiro atoms. The molecular formula is C26H31NO. The van der Waals surface area contributed by atoms with Crippen LogP contribution in [-0.2, 0) is 12.8 Å². The average Bonchev–Trinajstić information content (AvgIpc) is 2.69. The Morgan fingerprint density at radius 3 is 2.50 bits per heavy atom. The van der Waals surface area contributed by atoms with Crippen molar-refractivity contribution in [1.29, 1.82) is 0 Å². The second kappa shape index (κ2) is 8.65. The molecule has 0 bridgehead atoms. The maximum Gasteiger partial charge on any atom is 0.251 e. The van der Waals surface area contributed by atoms with E-state index in [0.717, 1.165) is 12.0 Å². The Kier molecular flexibility index (Phi) is 6.25. The first-order valence-electron chi connectivity index (χ1n) is 10.4. The number of rotatable bonds is 3. The van der Waals surface area contributed by atoms with Crippen LogP contribution in [0.2, 0.25) is 0 Å². The molecule has 0 fully saturated rings. The molecule has 0 heterocycles. The van der Waals surface area contributed by atoms with E-state index in [9.17, 15) is 4.79 Å². The second-order valence-corrected chi connectivity index (χ2v) is 7.95. The summed E-state index contributed by atoms with van der Waals surface area (Å²) in [4.78, 5) is 11.9. The van der Waals surface area contributed by atoms with E-state index in [2.05, 4.69) is 44.9 Å². The molecule has 0 saturated heterocycles. The molecule has 2 nitrogen and oxygen atoms in total. The minimum absolute atomic E-state index is 0.0352. The van der Waals surface area contributed by atoms with Crippen molar-refractivity contribution < 1.29 is 4.79 Å². The van der Waals surface area contributed by atoms with Crippen LogP contribution in [0, 0.1) is 32.6 Å². The Bertz CT molecular complexity index is 941. The molecule has 0 radical (unpaired) electrons. The fraction of sp³-hybridized carbons (Fsp3) is 0.423. The monoisotopic (exact) mass is 373 g/mol. The van der Waals surface area contributed by atoms with Crippen molar-refractivity contribution in [3.05, 3.63) is 68.8 Å². The molecule has 0 aliphatic heterocycles. The van der Waals surface area contributed by atoms with Crippen molar-refractivity contribution in [2.24, 2.45) is 0 Å². The molecule has 0 aromatic heterocycles. The Morgan fingerprint density at radius 2 is 1.82 bits per heavy atom. The van der Waals surface area contributed by atoms with Gasteiger partial charge in [-0.1, -0.05) is 18.8 Å². The predicted molar refractivity (Wildman–Crippen MR) is 117 cm³/mol. The molecule has 2 heteroatoms. The molecule has 146 valence electrons. The van der Waals surface area contributed by atoms with E-state index in [1.54, 1.807) is 11.1 Å². The van der Waals surface area contributed by atoms with Gasteiger partial charge in [0.15, 0.2) is 0 Å². The third kappa shape index (κ3) is 3.99. The third-order valence-electron chi connectivity index (χ3n) is 6.19. The van der Waals surface area contributed by atoms with E-state index in [4.69, 9.17) is 0 Å². The van der Waals surface area contributed by atoms with E-state index < -0.39 is 0 Å². The van der Waals surface area contributed by atoms with Gasteiger partial charge in [0.25, 0.3) is 5.91 Å². The van der Waals surface area contributed by atoms with Gasteiger partial charge >= 0.3 is 0 Å². The predicted octanol–water partition coefficient (Wildman–Crippen LogP) is 5.40. The van der Waals surface area contributed by atoms with Crippen LogP contribution >= 0.6 is 0 Å². The van der Waals surface area contributed by atoms with E-state index in [-0.39, 0.29) is 5.91 Å². The maximum absolute atomic E-state index is 11.9. The van der Waals surface area contributed by atoms with Crippen molar-refractivity contribution in [3.63, 3.8) is 0 Å². The number of carbonyl (C=O) groups excluding carboxylic acids is 1. The highest BCUT2D eigenvalue weighted by Gasteiger charge is 2.23. The van der Waals surface area contributed by atoms with Crippen molar-refractivity contribution in [3.8, 4) is 11.8 Å². The van der Waals surface area contributed by atoms with Gasteiger partial charge < -0.3 is 5.32 Å². The number of fused-ring (bicyclic) bond motifs is 1. The number of amides is 1. The zero-order valence-electron chi connectivity index (χ0n) is 17.8. The molecule has 2 aromatic carbocycles. The summed E-state index contributed by atoms with van der Waals surface area (Å²) in [5.41, 5.74) is 10.5. The van der Waals surface area contributed by atoms with Crippen molar-refractivity contribution >= 4 is 5.91 Å². The Labute approximate surface area is 169 Å². The summed E-state index contributed by atoms with van der Waals surface area (Å²) in [7, 11) is 0. The van der Waals surface area contributed by atoms with Gasteiger partial charge in [-0.25, -0.2) is 0 Å². The van der Waals surface area contributed by atoms with Gasteiger partial charge in [0.2, 0.25) is 0 Å². The van der Waals surface area contributed by atoms with Crippen LogP contribution in [0.25, 0.3) is 0 Å². The first kappa shape index (κ1) is 20.2. The quantitative estimate of drug-likeness (QED) is 0.718. The molecule has 1 aliphatic carbocycles. The molecule has 1 aliphatic rings. The van der Waals surface area contributed by atoms with Crippen LogP contribution in [0.1, 0.15) is 81.9 Å². The SMILES string of the molecule is CCNC(=O)c1ccc(C#CCc2c(C)c(C)c3c(c2C)CCCC3C)cc1. The Balaban J connectivity index is 1.83. The lowest BCUT2D eigenvalue weighted by Gasteiger charge is -2.29. The lowest BCUT2D eigenvalue weighted by molar-refractivity contribution is 0.0956. The van der Waals surface area contributed by atoms with Crippen molar-refractivity contribution in [2.45, 2.75) is 66.2 Å². The summed E-state index contributed by atoms with van der Waals surface area (Å²) < 4.78 is 0. The normalized spacial score (nSPS) is 15.4. The van der Waals surface area contributed by atoms with Crippen LogP contribution < -0.4 is 5.32 Å². The van der Waals surface area contributed by atoms with Crippen molar-refractivity contribution in [2.75, 3.05) is 6.54 Å². The Hall–Kier alpha value is -2.53. The fourth-order valence-electron chi connectivity index (χ4n) is 4.51. The molecule has 2 aromatic rings. The molecule has 1 atom stereocenters. The van der Waals surface area contributed by atoms with Gasteiger partial charge in [0.1, 0.15) is 0 Å². The molecule has 1 unspecified atom stereocenters. The number of hydrogen-bond acceptors (Lipinski definition) is 1. The molecule has 1 N–H and O–H groups in total. The maximum atomic E-state index is 11.9. The van der Waals surface area contributed by atoms with Crippen LogP contribution in [0.15, 0.2) is 24.3 Å². The summed E-state index contributed by atoms with van der Waals surface area (Å²) in [6, 6.07) is 7.54. The molecule has 3 rings (SSSR count). The van der Waals surface area contributed by atoms with Crippen LogP contribution in [0.3, 0.4) is 0 Å². The molecule has 28 heavy (non-hydrogen) atoms. The van der Waals surface area contributed by atoms with Gasteiger partial charge in [-0.2, -0.15) is 0 Å². The lowest BCUT2D eigenvalue weighted by Crippen LogP contribution is -2.22. The van der Waals surface area contributed by atoms with Crippen LogP contribution in [-0.4, -0.2) is 12.5 Å². The van der Waals surface area contributed by atoms with E-state index in [0.29, 0.717) is 18.0 Å². The highest BCUT2D eigenvalue weighted by Crippen LogP contribution is 2.38. The number of carbonyl (C=O) groups is 1. The minimum atomic E-state index is -0.0352. The Morgan fingerprint density at radius 1 is 1.11 bits per heavy atom. The zero-order chi connectivity index (χ0) is 20.3. The molecule has 0 saturated carbocycles. The average molecular weight is 374 g/mol. The number of benzene rings is 2. The molecular weight excluding hydrogens is 342 g/mol. The number of nitrogens with one attached hydrogen (secondary N) is 1. The smallest absolute Gasteiger partial charge is 0.251 e. The zero-order valence-corrected chi connectivity index (χ0v) is 17.8. The van der Waals surface area contributed by atoms with Gasteiger partial charge in [0.05, 0.1) is 0 Å². The van der Waals surface area contributed by atoms with E-state index >= 15 is 0 Å². The summed E-state index contributed by atoms with van der Waals surface area (Å²) in [5, 5.41) is 2.82. The van der Waals surface area contributed by atoms with Crippen LogP contribution in [0.4, 0.5) is 0 Å². The van der Waals surface area contributed by atoms with Crippen LogP contribution in [0.5, 0.6) is 0 Å². The highest BCUT2D eigenvalue weighted by atomic mass is 16.1. The van der Waals surface area contributed by atoms with Crippen molar-refractivity contribution in [1.82, 2.24) is 5.32 Å². The molecule has 1 amide bonds. The first-order chi connectivity index (χ1) is 13.4. The topological polar surface area (TPSA) is 29.1 Å². The first-order valence-corrected chi connectivity index (χ1v) is 10.4. The fourth-order valence-corrected chi connectivity index (χ4v) is 4.51. The van der Waals surface area contributed by atoms with Gasteiger partial charge in [-0.15, -0.1) is 0 Å².